The molecule has 0 fully saturated rings. The molecule has 2 N–H and O–H groups in total. The first kappa shape index (κ1) is 20.6. The highest BCUT2D eigenvalue weighted by atomic mass is 16.5. The highest BCUT2D eigenvalue weighted by Gasteiger charge is 2.16. The zero-order valence-corrected chi connectivity index (χ0v) is 17.5. The number of fused-ring (bicyclic) bond motifs is 1. The lowest BCUT2D eigenvalue weighted by Gasteiger charge is -2.12. The SMILES string of the molecule is CCOc1ccc(Nc2nc(C#C[C@@](C)(O)CC)nc3c2ncn3C(C)C)cc1. The Balaban J connectivity index is 2.04. The molecule has 2 aromatic heterocycles. The van der Waals surface area contributed by atoms with Gasteiger partial charge in [-0.2, -0.15) is 0 Å². The van der Waals surface area contributed by atoms with Crippen molar-refractivity contribution in [2.24, 2.45) is 0 Å². The fourth-order valence-corrected chi connectivity index (χ4v) is 2.65. The van der Waals surface area contributed by atoms with Crippen molar-refractivity contribution in [2.75, 3.05) is 11.9 Å². The van der Waals surface area contributed by atoms with Crippen molar-refractivity contribution in [3.63, 3.8) is 0 Å². The van der Waals surface area contributed by atoms with Crippen molar-refractivity contribution in [2.45, 2.75) is 52.7 Å². The number of anilines is 2. The van der Waals surface area contributed by atoms with Crippen LogP contribution >= 0.6 is 0 Å². The summed E-state index contributed by atoms with van der Waals surface area (Å²) in [5.41, 5.74) is 1.13. The van der Waals surface area contributed by atoms with Crippen LogP contribution in [0.2, 0.25) is 0 Å². The van der Waals surface area contributed by atoms with Crippen LogP contribution in [0, 0.1) is 11.8 Å². The van der Waals surface area contributed by atoms with Crippen LogP contribution in [0.15, 0.2) is 30.6 Å². The molecule has 3 rings (SSSR count). The topological polar surface area (TPSA) is 85.1 Å². The van der Waals surface area contributed by atoms with E-state index in [1.54, 1.807) is 13.3 Å². The van der Waals surface area contributed by atoms with E-state index in [0.717, 1.165) is 11.4 Å². The zero-order valence-electron chi connectivity index (χ0n) is 17.5. The van der Waals surface area contributed by atoms with Gasteiger partial charge in [-0.25, -0.2) is 15.0 Å². The minimum absolute atomic E-state index is 0.188. The second-order valence-corrected chi connectivity index (χ2v) is 7.27. The maximum atomic E-state index is 10.2. The molecule has 2 heterocycles. The number of aromatic nitrogens is 4. The molecular weight excluding hydrogens is 366 g/mol. The maximum Gasteiger partial charge on any atom is 0.209 e. The Kier molecular flexibility index (Phi) is 6.04. The molecule has 0 unspecified atom stereocenters. The van der Waals surface area contributed by atoms with Crippen LogP contribution in [0.3, 0.4) is 0 Å². The number of aliphatic hydroxyl groups is 1. The van der Waals surface area contributed by atoms with Crippen molar-refractivity contribution in [3.8, 4) is 17.6 Å². The molecule has 0 aliphatic heterocycles. The van der Waals surface area contributed by atoms with Crippen LogP contribution in [0.25, 0.3) is 11.2 Å². The lowest BCUT2D eigenvalue weighted by Crippen LogP contribution is -2.19. The van der Waals surface area contributed by atoms with E-state index in [4.69, 9.17) is 4.74 Å². The smallest absolute Gasteiger partial charge is 0.209 e. The molecule has 1 atom stereocenters. The van der Waals surface area contributed by atoms with E-state index in [9.17, 15) is 5.11 Å². The van der Waals surface area contributed by atoms with Gasteiger partial charge in [0.05, 0.1) is 12.9 Å². The van der Waals surface area contributed by atoms with Crippen LogP contribution in [0.1, 0.15) is 52.9 Å². The van der Waals surface area contributed by atoms with Crippen LogP contribution in [0.5, 0.6) is 5.75 Å². The Morgan fingerprint density at radius 1 is 1.21 bits per heavy atom. The van der Waals surface area contributed by atoms with Gasteiger partial charge in [0.2, 0.25) is 5.82 Å². The molecule has 29 heavy (non-hydrogen) atoms. The molecule has 0 spiro atoms. The standard InChI is InChI=1S/C22H27N5O2/c1-6-22(5,28)13-12-18-25-20(19-21(26-18)27(14-23-19)15(3)4)24-16-8-10-17(11-9-16)29-7-2/h8-11,14-15,28H,6-7H2,1-5H3,(H,24,25,26)/t22-/m0/s1. The Labute approximate surface area is 171 Å². The van der Waals surface area contributed by atoms with Gasteiger partial charge in [-0.3, -0.25) is 0 Å². The molecule has 0 radical (unpaired) electrons. The van der Waals surface area contributed by atoms with Gasteiger partial charge in [-0.1, -0.05) is 12.8 Å². The van der Waals surface area contributed by atoms with Gasteiger partial charge in [0.25, 0.3) is 0 Å². The van der Waals surface area contributed by atoms with Crippen LogP contribution in [-0.4, -0.2) is 36.8 Å². The van der Waals surface area contributed by atoms with E-state index >= 15 is 0 Å². The van der Waals surface area contributed by atoms with Crippen molar-refractivity contribution < 1.29 is 9.84 Å². The summed E-state index contributed by atoms with van der Waals surface area (Å²) < 4.78 is 7.47. The third-order valence-electron chi connectivity index (χ3n) is 4.54. The van der Waals surface area contributed by atoms with E-state index in [0.29, 0.717) is 35.8 Å². The van der Waals surface area contributed by atoms with Crippen molar-refractivity contribution in [1.82, 2.24) is 19.5 Å². The molecule has 0 aliphatic carbocycles. The van der Waals surface area contributed by atoms with Gasteiger partial charge < -0.3 is 19.7 Å². The lowest BCUT2D eigenvalue weighted by atomic mass is 10.1. The quantitative estimate of drug-likeness (QED) is 0.614. The number of hydrogen-bond acceptors (Lipinski definition) is 6. The summed E-state index contributed by atoms with van der Waals surface area (Å²) in [5, 5.41) is 13.5. The minimum Gasteiger partial charge on any atom is -0.494 e. The fourth-order valence-electron chi connectivity index (χ4n) is 2.65. The normalized spacial score (nSPS) is 13.1. The first-order valence-corrected chi connectivity index (χ1v) is 9.83. The van der Waals surface area contributed by atoms with E-state index in [1.165, 1.54) is 0 Å². The summed E-state index contributed by atoms with van der Waals surface area (Å²) in [4.78, 5) is 13.6. The Hall–Kier alpha value is -3.11. The highest BCUT2D eigenvalue weighted by molar-refractivity contribution is 5.85. The van der Waals surface area contributed by atoms with Crippen molar-refractivity contribution in [3.05, 3.63) is 36.4 Å². The lowest BCUT2D eigenvalue weighted by molar-refractivity contribution is 0.118. The molecule has 3 aromatic rings. The second kappa shape index (κ2) is 8.50. The summed E-state index contributed by atoms with van der Waals surface area (Å²) >= 11 is 0. The van der Waals surface area contributed by atoms with E-state index in [1.807, 2.05) is 42.7 Å². The molecule has 0 aliphatic rings. The monoisotopic (exact) mass is 393 g/mol. The number of benzene rings is 1. The van der Waals surface area contributed by atoms with Gasteiger partial charge >= 0.3 is 0 Å². The molecule has 7 nitrogen and oxygen atoms in total. The average Bonchev–Trinajstić information content (AvgIpc) is 3.13. The largest absolute Gasteiger partial charge is 0.494 e. The van der Waals surface area contributed by atoms with E-state index in [-0.39, 0.29) is 6.04 Å². The van der Waals surface area contributed by atoms with Gasteiger partial charge in [0, 0.05) is 11.7 Å². The summed E-state index contributed by atoms with van der Waals surface area (Å²) in [5.74, 6) is 7.47. The highest BCUT2D eigenvalue weighted by Crippen LogP contribution is 2.25. The number of nitrogens with one attached hydrogen (secondary N) is 1. The first-order valence-electron chi connectivity index (χ1n) is 9.83. The molecule has 0 bridgehead atoms. The molecule has 0 saturated heterocycles. The predicted octanol–water partition coefficient (Wildman–Crippen LogP) is 4.06. The second-order valence-electron chi connectivity index (χ2n) is 7.27. The number of ether oxygens (including phenoxy) is 1. The average molecular weight is 393 g/mol. The summed E-state index contributed by atoms with van der Waals surface area (Å²) in [6.07, 6.45) is 2.27. The predicted molar refractivity (Wildman–Crippen MR) is 114 cm³/mol. The Morgan fingerprint density at radius 2 is 1.93 bits per heavy atom. The van der Waals surface area contributed by atoms with E-state index in [2.05, 4.69) is 46.0 Å². The van der Waals surface area contributed by atoms with Gasteiger partial charge in [-0.05, 0) is 64.3 Å². The van der Waals surface area contributed by atoms with Gasteiger partial charge in [0.1, 0.15) is 11.4 Å². The third-order valence-corrected chi connectivity index (χ3v) is 4.54. The summed E-state index contributed by atoms with van der Waals surface area (Å²) in [7, 11) is 0. The van der Waals surface area contributed by atoms with E-state index < -0.39 is 5.60 Å². The Morgan fingerprint density at radius 3 is 2.55 bits per heavy atom. The maximum absolute atomic E-state index is 10.2. The first-order chi connectivity index (χ1) is 13.8. The molecular formula is C22H27N5O2. The number of rotatable bonds is 6. The van der Waals surface area contributed by atoms with Crippen molar-refractivity contribution in [1.29, 1.82) is 0 Å². The number of nitrogens with zero attached hydrogens (tertiary/aromatic N) is 4. The molecule has 1 aromatic carbocycles. The minimum atomic E-state index is -1.08. The van der Waals surface area contributed by atoms with Crippen molar-refractivity contribution >= 4 is 22.7 Å². The molecule has 0 saturated carbocycles. The molecule has 7 heteroatoms. The summed E-state index contributed by atoms with van der Waals surface area (Å²) in [6.45, 7) is 10.3. The summed E-state index contributed by atoms with van der Waals surface area (Å²) in [6, 6.07) is 7.83. The fraction of sp³-hybridized carbons (Fsp3) is 0.409. The number of imidazole rings is 1. The van der Waals surface area contributed by atoms with Crippen LogP contribution < -0.4 is 10.1 Å². The molecule has 152 valence electrons. The number of hydrogen-bond donors (Lipinski definition) is 2. The Bertz CT molecular complexity index is 1040. The third kappa shape index (κ3) is 4.84. The molecule has 0 amide bonds. The van der Waals surface area contributed by atoms with Crippen LogP contribution in [-0.2, 0) is 0 Å². The van der Waals surface area contributed by atoms with Gasteiger partial charge in [0.15, 0.2) is 17.0 Å². The van der Waals surface area contributed by atoms with Gasteiger partial charge in [-0.15, -0.1) is 0 Å². The van der Waals surface area contributed by atoms with Crippen LogP contribution in [0.4, 0.5) is 11.5 Å². The zero-order chi connectivity index (χ0) is 21.0.